The maximum atomic E-state index is 13.6. The summed E-state index contributed by atoms with van der Waals surface area (Å²) in [6, 6.07) is 28.4. The zero-order chi connectivity index (χ0) is 27.8. The van der Waals surface area contributed by atoms with Gasteiger partial charge in [0.1, 0.15) is 18.9 Å². The Bertz CT molecular complexity index is 1560. The van der Waals surface area contributed by atoms with Crippen molar-refractivity contribution in [1.82, 2.24) is 5.43 Å². The van der Waals surface area contributed by atoms with Crippen molar-refractivity contribution in [1.29, 1.82) is 0 Å². The second-order valence-corrected chi connectivity index (χ2v) is 11.2. The summed E-state index contributed by atoms with van der Waals surface area (Å²) < 4.78 is 33.9. The Morgan fingerprint density at radius 2 is 1.64 bits per heavy atom. The van der Waals surface area contributed by atoms with Crippen molar-refractivity contribution in [2.45, 2.75) is 25.3 Å². The number of halogens is 1. The Morgan fingerprint density at radius 1 is 0.949 bits per heavy atom. The molecule has 4 aromatic carbocycles. The Balaban J connectivity index is 1.44. The fraction of sp³-hybridized carbons (Fsp3) is 0.133. The topological polar surface area (TPSA) is 88.1 Å². The molecule has 0 radical (unpaired) electrons. The number of carbonyl (C=O) groups is 1. The molecule has 4 aromatic rings. The molecule has 0 aromatic heterocycles. The van der Waals surface area contributed by atoms with Gasteiger partial charge < -0.3 is 4.74 Å². The molecule has 7 nitrogen and oxygen atoms in total. The van der Waals surface area contributed by atoms with Crippen LogP contribution in [0.3, 0.4) is 0 Å². The molecule has 0 spiro atoms. The number of hydrogen-bond donors (Lipinski definition) is 1. The molecule has 39 heavy (non-hydrogen) atoms. The number of ether oxygens (including phenoxy) is 1. The van der Waals surface area contributed by atoms with Crippen LogP contribution >= 0.6 is 11.6 Å². The number of aryl methyl sites for hydroxylation is 2. The third kappa shape index (κ3) is 7.46. The van der Waals surface area contributed by atoms with Gasteiger partial charge in [-0.2, -0.15) is 5.10 Å². The minimum atomic E-state index is -4.05. The van der Waals surface area contributed by atoms with E-state index in [-0.39, 0.29) is 4.90 Å². The molecule has 4 rings (SSSR count). The molecule has 0 atom stereocenters. The van der Waals surface area contributed by atoms with Crippen LogP contribution < -0.4 is 14.5 Å². The number of sulfonamides is 1. The van der Waals surface area contributed by atoms with Crippen molar-refractivity contribution in [2.24, 2.45) is 5.10 Å². The van der Waals surface area contributed by atoms with E-state index < -0.39 is 22.5 Å². The lowest BCUT2D eigenvalue weighted by Crippen LogP contribution is -2.40. The Hall–Kier alpha value is -4.14. The van der Waals surface area contributed by atoms with Crippen LogP contribution in [0.15, 0.2) is 107 Å². The minimum Gasteiger partial charge on any atom is -0.489 e. The molecule has 200 valence electrons. The van der Waals surface area contributed by atoms with E-state index in [1.807, 2.05) is 49.4 Å². The highest BCUT2D eigenvalue weighted by molar-refractivity contribution is 7.92. The standard InChI is InChI=1S/C30H28ClN3O4S/c1-22-8-15-28(16-9-22)39(36,37)34(29-17-12-26(31)18-23(29)2)20-30(35)33-32-19-24-10-13-27(14-11-24)38-21-25-6-4-3-5-7-25/h3-19H,20-21H2,1-2H3,(H,33,35)/b32-19-. The van der Waals surface area contributed by atoms with Gasteiger partial charge in [-0.3, -0.25) is 9.10 Å². The van der Waals surface area contributed by atoms with Gasteiger partial charge in [-0.25, -0.2) is 13.8 Å². The molecule has 1 amide bonds. The second-order valence-electron chi connectivity index (χ2n) is 8.89. The summed E-state index contributed by atoms with van der Waals surface area (Å²) >= 11 is 6.08. The number of hydrogen-bond acceptors (Lipinski definition) is 5. The third-order valence-corrected chi connectivity index (χ3v) is 7.86. The Morgan fingerprint density at radius 3 is 2.31 bits per heavy atom. The van der Waals surface area contributed by atoms with E-state index in [2.05, 4.69) is 10.5 Å². The van der Waals surface area contributed by atoms with E-state index >= 15 is 0 Å². The molecule has 9 heteroatoms. The highest BCUT2D eigenvalue weighted by atomic mass is 35.5. The van der Waals surface area contributed by atoms with Crippen molar-refractivity contribution < 1.29 is 17.9 Å². The van der Waals surface area contributed by atoms with Crippen molar-refractivity contribution in [3.05, 3.63) is 124 Å². The number of nitrogens with one attached hydrogen (secondary N) is 1. The van der Waals surface area contributed by atoms with E-state index in [0.29, 0.717) is 28.6 Å². The average Bonchev–Trinajstić information content (AvgIpc) is 2.92. The smallest absolute Gasteiger partial charge is 0.264 e. The summed E-state index contributed by atoms with van der Waals surface area (Å²) in [5.74, 6) is 0.106. The Kier molecular flexibility index (Phi) is 9.01. The van der Waals surface area contributed by atoms with Gasteiger partial charge in [0.2, 0.25) is 0 Å². The van der Waals surface area contributed by atoms with Gasteiger partial charge in [-0.15, -0.1) is 0 Å². The van der Waals surface area contributed by atoms with E-state index in [1.54, 1.807) is 49.4 Å². The first-order valence-electron chi connectivity index (χ1n) is 12.2. The number of anilines is 1. The lowest BCUT2D eigenvalue weighted by atomic mass is 10.2. The highest BCUT2D eigenvalue weighted by Crippen LogP contribution is 2.29. The number of amides is 1. The lowest BCUT2D eigenvalue weighted by Gasteiger charge is -2.25. The number of hydrazone groups is 1. The van der Waals surface area contributed by atoms with Crippen molar-refractivity contribution in [2.75, 3.05) is 10.8 Å². The molecule has 0 fully saturated rings. The van der Waals surface area contributed by atoms with Gasteiger partial charge >= 0.3 is 0 Å². The third-order valence-electron chi connectivity index (χ3n) is 5.86. The van der Waals surface area contributed by atoms with E-state index in [4.69, 9.17) is 16.3 Å². The Labute approximate surface area is 233 Å². The SMILES string of the molecule is Cc1ccc(S(=O)(=O)N(CC(=O)N/N=C\c2ccc(OCc3ccccc3)cc2)c2ccc(Cl)cc2C)cc1. The van der Waals surface area contributed by atoms with Crippen LogP contribution in [0.4, 0.5) is 5.69 Å². The molecule has 1 N–H and O–H groups in total. The molecule has 0 aliphatic rings. The summed E-state index contributed by atoms with van der Waals surface area (Å²) in [7, 11) is -4.05. The fourth-order valence-corrected chi connectivity index (χ4v) is 5.48. The molecule has 0 aliphatic carbocycles. The van der Waals surface area contributed by atoms with Gasteiger partial charge in [0.25, 0.3) is 15.9 Å². The van der Waals surface area contributed by atoms with E-state index in [0.717, 1.165) is 21.0 Å². The summed E-state index contributed by atoms with van der Waals surface area (Å²) in [5.41, 5.74) is 6.12. The summed E-state index contributed by atoms with van der Waals surface area (Å²) in [6.45, 7) is 3.60. The predicted octanol–water partition coefficient (Wildman–Crippen LogP) is 5.88. The van der Waals surface area contributed by atoms with Gasteiger partial charge in [0, 0.05) is 5.02 Å². The molecule has 0 aliphatic heterocycles. The summed E-state index contributed by atoms with van der Waals surface area (Å²) in [6.07, 6.45) is 1.48. The molecule has 0 bridgehead atoms. The monoisotopic (exact) mass is 561 g/mol. The van der Waals surface area contributed by atoms with Gasteiger partial charge in [0.15, 0.2) is 0 Å². The van der Waals surface area contributed by atoms with Crippen molar-refractivity contribution in [3.8, 4) is 5.75 Å². The van der Waals surface area contributed by atoms with Crippen molar-refractivity contribution in [3.63, 3.8) is 0 Å². The molecular weight excluding hydrogens is 534 g/mol. The second kappa shape index (κ2) is 12.6. The minimum absolute atomic E-state index is 0.0772. The number of rotatable bonds is 10. The normalized spacial score (nSPS) is 11.4. The predicted molar refractivity (Wildman–Crippen MR) is 155 cm³/mol. The van der Waals surface area contributed by atoms with Crippen LogP contribution in [0.2, 0.25) is 5.02 Å². The molecular formula is C30H28ClN3O4S. The highest BCUT2D eigenvalue weighted by Gasteiger charge is 2.28. The van der Waals surface area contributed by atoms with Gasteiger partial charge in [0.05, 0.1) is 16.8 Å². The average molecular weight is 562 g/mol. The zero-order valence-corrected chi connectivity index (χ0v) is 23.1. The summed E-state index contributed by atoms with van der Waals surface area (Å²) in [5, 5.41) is 4.47. The van der Waals surface area contributed by atoms with Crippen LogP contribution in [-0.2, 0) is 21.4 Å². The number of benzene rings is 4. The molecule has 0 saturated carbocycles. The first-order valence-corrected chi connectivity index (χ1v) is 14.0. The van der Waals surface area contributed by atoms with E-state index in [1.165, 1.54) is 18.3 Å². The first-order chi connectivity index (χ1) is 18.7. The maximum absolute atomic E-state index is 13.6. The largest absolute Gasteiger partial charge is 0.489 e. The maximum Gasteiger partial charge on any atom is 0.264 e. The van der Waals surface area contributed by atoms with Crippen LogP contribution in [0, 0.1) is 13.8 Å². The molecule has 0 unspecified atom stereocenters. The van der Waals surface area contributed by atoms with Crippen LogP contribution in [0.1, 0.15) is 22.3 Å². The lowest BCUT2D eigenvalue weighted by molar-refractivity contribution is -0.119. The van der Waals surface area contributed by atoms with Crippen LogP contribution in [0.5, 0.6) is 5.75 Å². The molecule has 0 saturated heterocycles. The van der Waals surface area contributed by atoms with Crippen LogP contribution in [-0.4, -0.2) is 27.1 Å². The quantitative estimate of drug-likeness (QED) is 0.193. The zero-order valence-electron chi connectivity index (χ0n) is 21.5. The van der Waals surface area contributed by atoms with E-state index in [9.17, 15) is 13.2 Å². The fourth-order valence-electron chi connectivity index (χ4n) is 3.77. The summed E-state index contributed by atoms with van der Waals surface area (Å²) in [4.78, 5) is 12.9. The number of carbonyl (C=O) groups excluding carboxylic acids is 1. The van der Waals surface area contributed by atoms with Crippen LogP contribution in [0.25, 0.3) is 0 Å². The van der Waals surface area contributed by atoms with Gasteiger partial charge in [-0.1, -0.05) is 59.6 Å². The first kappa shape index (κ1) is 27.9. The molecule has 0 heterocycles. The van der Waals surface area contributed by atoms with Crippen molar-refractivity contribution >= 4 is 39.4 Å². The number of nitrogens with zero attached hydrogens (tertiary/aromatic N) is 2. The van der Waals surface area contributed by atoms with Gasteiger partial charge in [-0.05, 0) is 85.1 Å².